The van der Waals surface area contributed by atoms with Crippen molar-refractivity contribution >= 4 is 33.6 Å². The second-order valence-electron chi connectivity index (χ2n) is 5.34. The van der Waals surface area contributed by atoms with Gasteiger partial charge < -0.3 is 4.90 Å². The first-order valence-corrected chi connectivity index (χ1v) is 8.76. The smallest absolute Gasteiger partial charge is 0.245 e. The molecular weight excluding hydrogens is 316 g/mol. The number of likely N-dealkylation sites (N-methyl/N-ethyl adjacent to an activating group) is 1. The van der Waals surface area contributed by atoms with Crippen LogP contribution in [0.4, 0.5) is 5.00 Å². The van der Waals surface area contributed by atoms with E-state index in [9.17, 15) is 4.79 Å². The molecule has 22 heavy (non-hydrogen) atoms. The Morgan fingerprint density at radius 1 is 1.55 bits per heavy atom. The first-order chi connectivity index (χ1) is 10.6. The average molecular weight is 332 g/mol. The highest BCUT2D eigenvalue weighted by Gasteiger charge is 2.36. The minimum atomic E-state index is -0.141. The molecule has 7 heteroatoms. The van der Waals surface area contributed by atoms with Crippen LogP contribution in [0.5, 0.6) is 0 Å². The van der Waals surface area contributed by atoms with Crippen molar-refractivity contribution in [2.24, 2.45) is 0 Å². The summed E-state index contributed by atoms with van der Waals surface area (Å²) in [6.07, 6.45) is 0.780. The zero-order chi connectivity index (χ0) is 15.7. The summed E-state index contributed by atoms with van der Waals surface area (Å²) >= 11 is 3.07. The lowest BCUT2D eigenvalue weighted by Gasteiger charge is -2.22. The highest BCUT2D eigenvalue weighted by molar-refractivity contribution is 7.14. The molecule has 0 saturated carbocycles. The van der Waals surface area contributed by atoms with Gasteiger partial charge in [-0.25, -0.2) is 4.98 Å². The van der Waals surface area contributed by atoms with Crippen molar-refractivity contribution in [3.63, 3.8) is 0 Å². The molecule has 1 fully saturated rings. The predicted molar refractivity (Wildman–Crippen MR) is 88.1 cm³/mol. The molecule has 0 unspecified atom stereocenters. The van der Waals surface area contributed by atoms with Crippen LogP contribution in [0, 0.1) is 18.3 Å². The SMILES string of the molecule is Cc1csc(CN(C)[C@H]2CCN(c3sccc3C#N)C2=O)n1. The molecule has 2 aromatic rings. The van der Waals surface area contributed by atoms with E-state index in [0.29, 0.717) is 18.7 Å². The third-order valence-corrected chi connectivity index (χ3v) is 5.66. The zero-order valence-corrected chi connectivity index (χ0v) is 14.1. The molecule has 5 nitrogen and oxygen atoms in total. The van der Waals surface area contributed by atoms with Gasteiger partial charge in [-0.05, 0) is 31.8 Å². The number of thiazole rings is 1. The van der Waals surface area contributed by atoms with Crippen molar-refractivity contribution < 1.29 is 4.79 Å². The van der Waals surface area contributed by atoms with Crippen LogP contribution in [-0.2, 0) is 11.3 Å². The van der Waals surface area contributed by atoms with E-state index in [1.165, 1.54) is 11.3 Å². The minimum absolute atomic E-state index is 0.0785. The van der Waals surface area contributed by atoms with Gasteiger partial charge in [0.05, 0.1) is 18.2 Å². The van der Waals surface area contributed by atoms with Crippen LogP contribution in [0.3, 0.4) is 0 Å². The van der Waals surface area contributed by atoms with E-state index in [1.807, 2.05) is 24.7 Å². The lowest BCUT2D eigenvalue weighted by Crippen LogP contribution is -2.39. The van der Waals surface area contributed by atoms with E-state index in [1.54, 1.807) is 22.3 Å². The van der Waals surface area contributed by atoms with Gasteiger partial charge in [-0.2, -0.15) is 5.26 Å². The third-order valence-electron chi connectivity index (χ3n) is 3.77. The van der Waals surface area contributed by atoms with Gasteiger partial charge in [-0.15, -0.1) is 22.7 Å². The maximum Gasteiger partial charge on any atom is 0.245 e. The number of aromatic nitrogens is 1. The van der Waals surface area contributed by atoms with Crippen LogP contribution in [0.2, 0.25) is 0 Å². The fraction of sp³-hybridized carbons (Fsp3) is 0.400. The molecule has 3 rings (SSSR count). The Morgan fingerprint density at radius 3 is 3.05 bits per heavy atom. The summed E-state index contributed by atoms with van der Waals surface area (Å²) < 4.78 is 0. The number of thiophene rings is 1. The van der Waals surface area contributed by atoms with Crippen molar-refractivity contribution in [3.8, 4) is 6.07 Å². The van der Waals surface area contributed by atoms with Gasteiger partial charge >= 0.3 is 0 Å². The molecule has 0 spiro atoms. The first-order valence-electron chi connectivity index (χ1n) is 7.00. The Labute approximate surface area is 137 Å². The van der Waals surface area contributed by atoms with Gasteiger partial charge in [0.25, 0.3) is 0 Å². The van der Waals surface area contributed by atoms with E-state index in [4.69, 9.17) is 5.26 Å². The summed E-state index contributed by atoms with van der Waals surface area (Å²) in [6, 6.07) is 3.78. The fourth-order valence-electron chi connectivity index (χ4n) is 2.67. The van der Waals surface area contributed by atoms with E-state index in [-0.39, 0.29) is 11.9 Å². The summed E-state index contributed by atoms with van der Waals surface area (Å²) in [4.78, 5) is 20.9. The molecule has 0 N–H and O–H groups in total. The van der Waals surface area contributed by atoms with Gasteiger partial charge in [0.1, 0.15) is 16.1 Å². The molecular formula is C15H16N4OS2. The number of carbonyl (C=O) groups is 1. The standard InChI is InChI=1S/C15H16N4OS2/c1-10-9-22-13(17-10)8-18(2)12-3-5-19(14(12)20)15-11(7-16)4-6-21-15/h4,6,9,12H,3,5,8H2,1-2H3/t12-/m0/s1. The number of aryl methyl sites for hydroxylation is 1. The Morgan fingerprint density at radius 2 is 2.36 bits per heavy atom. The third kappa shape index (κ3) is 2.77. The summed E-state index contributed by atoms with van der Waals surface area (Å²) in [5.41, 5.74) is 1.60. The quantitative estimate of drug-likeness (QED) is 0.863. The summed E-state index contributed by atoms with van der Waals surface area (Å²) in [6.45, 7) is 3.32. The van der Waals surface area contributed by atoms with Crippen molar-refractivity contribution in [2.75, 3.05) is 18.5 Å². The van der Waals surface area contributed by atoms with Crippen LogP contribution in [0.25, 0.3) is 0 Å². The number of carbonyl (C=O) groups excluding carboxylic acids is 1. The van der Waals surface area contributed by atoms with Crippen LogP contribution in [0.1, 0.15) is 22.7 Å². The largest absolute Gasteiger partial charge is 0.301 e. The lowest BCUT2D eigenvalue weighted by molar-refractivity contribution is -0.121. The number of nitriles is 1. The second-order valence-corrected chi connectivity index (χ2v) is 7.18. The number of hydrogen-bond acceptors (Lipinski definition) is 6. The lowest BCUT2D eigenvalue weighted by atomic mass is 10.2. The van der Waals surface area contributed by atoms with E-state index in [0.717, 1.165) is 22.1 Å². The van der Waals surface area contributed by atoms with Gasteiger partial charge in [0, 0.05) is 17.6 Å². The van der Waals surface area contributed by atoms with E-state index in [2.05, 4.69) is 16.0 Å². The van der Waals surface area contributed by atoms with Gasteiger partial charge in [0.2, 0.25) is 5.91 Å². The van der Waals surface area contributed by atoms with E-state index < -0.39 is 0 Å². The van der Waals surface area contributed by atoms with E-state index >= 15 is 0 Å². The molecule has 1 amide bonds. The Kier molecular flexibility index (Phi) is 4.25. The summed E-state index contributed by atoms with van der Waals surface area (Å²) in [5, 5.41) is 14.8. The number of rotatable bonds is 4. The molecule has 3 heterocycles. The Bertz CT molecular complexity index is 730. The predicted octanol–water partition coefficient (Wildman–Crippen LogP) is 2.62. The van der Waals surface area contributed by atoms with Crippen molar-refractivity contribution in [1.82, 2.24) is 9.88 Å². The molecule has 0 aliphatic carbocycles. The average Bonchev–Trinajstić information content (AvgIpc) is 3.18. The Hall–Kier alpha value is -1.75. The highest BCUT2D eigenvalue weighted by atomic mass is 32.1. The number of anilines is 1. The molecule has 114 valence electrons. The number of amides is 1. The molecule has 1 saturated heterocycles. The molecule has 2 aromatic heterocycles. The van der Waals surface area contributed by atoms with Crippen molar-refractivity contribution in [2.45, 2.75) is 25.9 Å². The highest BCUT2D eigenvalue weighted by Crippen LogP contribution is 2.32. The number of hydrogen-bond donors (Lipinski definition) is 0. The first kappa shape index (κ1) is 15.2. The molecule has 0 radical (unpaired) electrons. The molecule has 0 bridgehead atoms. The van der Waals surface area contributed by atoms with Crippen LogP contribution in [0.15, 0.2) is 16.8 Å². The van der Waals surface area contributed by atoms with Crippen LogP contribution < -0.4 is 4.90 Å². The second kappa shape index (κ2) is 6.16. The molecule has 1 aliphatic heterocycles. The zero-order valence-electron chi connectivity index (χ0n) is 12.4. The van der Waals surface area contributed by atoms with Gasteiger partial charge in [-0.3, -0.25) is 9.69 Å². The Balaban J connectivity index is 1.72. The normalized spacial score (nSPS) is 18.2. The minimum Gasteiger partial charge on any atom is -0.301 e. The molecule has 0 aromatic carbocycles. The van der Waals surface area contributed by atoms with Crippen LogP contribution in [-0.4, -0.2) is 35.4 Å². The summed E-state index contributed by atoms with van der Waals surface area (Å²) in [5.74, 6) is 0.0785. The van der Waals surface area contributed by atoms with Crippen molar-refractivity contribution in [1.29, 1.82) is 5.26 Å². The monoisotopic (exact) mass is 332 g/mol. The van der Waals surface area contributed by atoms with Crippen molar-refractivity contribution in [3.05, 3.63) is 33.1 Å². The maximum absolute atomic E-state index is 12.7. The van der Waals surface area contributed by atoms with Gasteiger partial charge in [0.15, 0.2) is 0 Å². The molecule has 1 aliphatic rings. The topological polar surface area (TPSA) is 60.2 Å². The fourth-order valence-corrected chi connectivity index (χ4v) is 4.39. The summed E-state index contributed by atoms with van der Waals surface area (Å²) in [7, 11) is 1.96. The van der Waals surface area contributed by atoms with Crippen LogP contribution >= 0.6 is 22.7 Å². The maximum atomic E-state index is 12.7. The van der Waals surface area contributed by atoms with Gasteiger partial charge in [-0.1, -0.05) is 0 Å². The molecule has 1 atom stereocenters. The number of nitrogens with zero attached hydrogens (tertiary/aromatic N) is 4.